The number of benzene rings is 2. The van der Waals surface area contributed by atoms with Crippen LogP contribution in [0.3, 0.4) is 0 Å². The van der Waals surface area contributed by atoms with Crippen molar-refractivity contribution in [1.82, 2.24) is 20.0 Å². The Morgan fingerprint density at radius 1 is 0.972 bits per heavy atom. The highest BCUT2D eigenvalue weighted by Crippen LogP contribution is 2.37. The molecule has 0 unspecified atom stereocenters. The van der Waals surface area contributed by atoms with Crippen LogP contribution in [0.4, 0.5) is 10.1 Å². The van der Waals surface area contributed by atoms with Gasteiger partial charge in [-0.3, -0.25) is 19.3 Å². The molecule has 36 heavy (non-hydrogen) atoms. The van der Waals surface area contributed by atoms with Crippen LogP contribution in [0.1, 0.15) is 24.9 Å². The Labute approximate surface area is 211 Å². The van der Waals surface area contributed by atoms with E-state index in [0.29, 0.717) is 38.3 Å². The lowest BCUT2D eigenvalue weighted by molar-refractivity contribution is -0.138. The van der Waals surface area contributed by atoms with E-state index in [4.69, 9.17) is 0 Å². The molecule has 3 amide bonds. The molecular formula is C27H34FN5O3. The van der Waals surface area contributed by atoms with Crippen LogP contribution in [0.25, 0.3) is 0 Å². The number of hydrogen-bond acceptors (Lipinski definition) is 5. The van der Waals surface area contributed by atoms with E-state index < -0.39 is 6.04 Å². The molecule has 2 aliphatic heterocycles. The Bertz CT molecular complexity index is 1090. The van der Waals surface area contributed by atoms with Gasteiger partial charge in [0.25, 0.3) is 0 Å². The van der Waals surface area contributed by atoms with E-state index in [2.05, 4.69) is 5.32 Å². The van der Waals surface area contributed by atoms with Gasteiger partial charge < -0.3 is 20.0 Å². The fourth-order valence-electron chi connectivity index (χ4n) is 5.31. The van der Waals surface area contributed by atoms with Crippen LogP contribution in [0.5, 0.6) is 0 Å². The van der Waals surface area contributed by atoms with Crippen LogP contribution in [0.2, 0.25) is 0 Å². The maximum Gasteiger partial charge on any atom is 0.239 e. The quantitative estimate of drug-likeness (QED) is 0.663. The Balaban J connectivity index is 1.53. The smallest absolute Gasteiger partial charge is 0.239 e. The van der Waals surface area contributed by atoms with Crippen molar-refractivity contribution in [2.45, 2.75) is 31.5 Å². The number of nitrogens with zero attached hydrogens (tertiary/aromatic N) is 4. The molecule has 2 aromatic rings. The second-order valence-electron chi connectivity index (χ2n) is 9.64. The van der Waals surface area contributed by atoms with Gasteiger partial charge in [0.15, 0.2) is 0 Å². The highest BCUT2D eigenvalue weighted by Gasteiger charge is 2.47. The van der Waals surface area contributed by atoms with Gasteiger partial charge in [0.2, 0.25) is 17.7 Å². The summed E-state index contributed by atoms with van der Waals surface area (Å²) in [6, 6.07) is 15.2. The minimum Gasteiger partial charge on any atom is -0.366 e. The first-order valence-electron chi connectivity index (χ1n) is 12.3. The molecule has 9 heteroatoms. The highest BCUT2D eigenvalue weighted by molar-refractivity contribution is 5.84. The SMILES string of the molecule is CC(=O)N[C@H]1C[C@@H](C(=O)N(C)C)N(CC(=O)N2CCN(c3ccccc3F)CC2)[C@H]1c1ccccc1. The maximum absolute atomic E-state index is 14.2. The van der Waals surface area contributed by atoms with Crippen LogP contribution < -0.4 is 10.2 Å². The van der Waals surface area contributed by atoms with Crippen molar-refractivity contribution in [3.63, 3.8) is 0 Å². The minimum atomic E-state index is -0.536. The summed E-state index contributed by atoms with van der Waals surface area (Å²) >= 11 is 0. The number of amides is 3. The first-order valence-corrected chi connectivity index (χ1v) is 12.3. The van der Waals surface area contributed by atoms with Crippen LogP contribution in [0.15, 0.2) is 54.6 Å². The van der Waals surface area contributed by atoms with E-state index in [1.807, 2.05) is 40.1 Å². The van der Waals surface area contributed by atoms with Gasteiger partial charge in [-0.05, 0) is 24.1 Å². The molecule has 2 heterocycles. The predicted octanol–water partition coefficient (Wildman–Crippen LogP) is 1.88. The van der Waals surface area contributed by atoms with Crippen molar-refractivity contribution in [2.75, 3.05) is 51.7 Å². The number of halogens is 1. The Kier molecular flexibility index (Phi) is 7.88. The lowest BCUT2D eigenvalue weighted by Crippen LogP contribution is -2.53. The molecule has 0 aliphatic carbocycles. The lowest BCUT2D eigenvalue weighted by atomic mass is 9.99. The standard InChI is InChI=1S/C27H34FN5O3/c1-19(34)29-22-17-24(27(36)30(2)3)33(26(22)20-9-5-4-6-10-20)18-25(35)32-15-13-31(14-16-32)23-12-8-7-11-21(23)28/h4-12,22,24,26H,13-18H2,1-3H3,(H,29,34)/t22-,24-,26-/m0/s1. The third kappa shape index (κ3) is 5.51. The minimum absolute atomic E-state index is 0.0551. The number of piperazine rings is 1. The monoisotopic (exact) mass is 495 g/mol. The fourth-order valence-corrected chi connectivity index (χ4v) is 5.31. The fraction of sp³-hybridized carbons (Fsp3) is 0.444. The number of likely N-dealkylation sites (N-methyl/N-ethyl adjacent to an activating group) is 1. The number of hydrogen-bond donors (Lipinski definition) is 1. The molecular weight excluding hydrogens is 461 g/mol. The molecule has 8 nitrogen and oxygen atoms in total. The summed E-state index contributed by atoms with van der Waals surface area (Å²) in [5.41, 5.74) is 1.49. The van der Waals surface area contributed by atoms with Gasteiger partial charge in [-0.25, -0.2) is 4.39 Å². The average Bonchev–Trinajstić information content (AvgIpc) is 3.21. The van der Waals surface area contributed by atoms with Crippen LogP contribution >= 0.6 is 0 Å². The van der Waals surface area contributed by atoms with Gasteiger partial charge in [0.1, 0.15) is 5.82 Å². The molecule has 0 aromatic heterocycles. The van der Waals surface area contributed by atoms with Gasteiger partial charge in [-0.2, -0.15) is 0 Å². The predicted molar refractivity (Wildman–Crippen MR) is 136 cm³/mol. The van der Waals surface area contributed by atoms with E-state index in [1.54, 1.807) is 37.2 Å². The average molecular weight is 496 g/mol. The number of carbonyl (C=O) groups is 3. The van der Waals surface area contributed by atoms with Gasteiger partial charge in [0.05, 0.1) is 30.4 Å². The van der Waals surface area contributed by atoms with Crippen molar-refractivity contribution in [3.05, 3.63) is 66.0 Å². The normalized spacial score (nSPS) is 22.4. The van der Waals surface area contributed by atoms with E-state index in [1.165, 1.54) is 17.9 Å². The third-order valence-electron chi connectivity index (χ3n) is 7.01. The van der Waals surface area contributed by atoms with Gasteiger partial charge in [-0.1, -0.05) is 42.5 Å². The number of anilines is 1. The highest BCUT2D eigenvalue weighted by atomic mass is 19.1. The topological polar surface area (TPSA) is 76.2 Å². The first-order chi connectivity index (χ1) is 17.3. The molecule has 4 rings (SSSR count). The number of rotatable bonds is 6. The summed E-state index contributed by atoms with van der Waals surface area (Å²) in [6.07, 6.45) is 0.421. The Morgan fingerprint density at radius 3 is 2.22 bits per heavy atom. The van der Waals surface area contributed by atoms with Crippen LogP contribution in [-0.4, -0.2) is 91.3 Å². The molecule has 0 spiro atoms. The lowest BCUT2D eigenvalue weighted by Gasteiger charge is -2.38. The summed E-state index contributed by atoms with van der Waals surface area (Å²) in [4.78, 5) is 45.8. The van der Waals surface area contributed by atoms with Gasteiger partial charge in [0, 0.05) is 47.2 Å². The molecule has 3 atom stereocenters. The van der Waals surface area contributed by atoms with E-state index in [-0.39, 0.29) is 42.2 Å². The Morgan fingerprint density at radius 2 is 1.61 bits per heavy atom. The number of carbonyl (C=O) groups excluding carboxylic acids is 3. The zero-order valence-electron chi connectivity index (χ0n) is 21.1. The van der Waals surface area contributed by atoms with E-state index in [0.717, 1.165) is 5.56 Å². The van der Waals surface area contributed by atoms with E-state index in [9.17, 15) is 18.8 Å². The molecule has 0 saturated carbocycles. The summed E-state index contributed by atoms with van der Waals surface area (Å²) in [6.45, 7) is 3.52. The zero-order chi connectivity index (χ0) is 25.8. The third-order valence-corrected chi connectivity index (χ3v) is 7.01. The number of nitrogens with one attached hydrogen (secondary N) is 1. The molecule has 1 N–H and O–H groups in total. The summed E-state index contributed by atoms with van der Waals surface area (Å²) in [7, 11) is 3.40. The van der Waals surface area contributed by atoms with Crippen molar-refractivity contribution >= 4 is 23.4 Å². The van der Waals surface area contributed by atoms with Gasteiger partial charge >= 0.3 is 0 Å². The van der Waals surface area contributed by atoms with Crippen molar-refractivity contribution in [2.24, 2.45) is 0 Å². The Hall–Kier alpha value is -3.46. The zero-order valence-corrected chi connectivity index (χ0v) is 21.1. The second-order valence-corrected chi connectivity index (χ2v) is 9.64. The molecule has 2 aliphatic rings. The molecule has 0 radical (unpaired) electrons. The molecule has 0 bridgehead atoms. The second kappa shape index (κ2) is 11.1. The van der Waals surface area contributed by atoms with Crippen LogP contribution in [-0.2, 0) is 14.4 Å². The van der Waals surface area contributed by atoms with Crippen molar-refractivity contribution < 1.29 is 18.8 Å². The summed E-state index contributed by atoms with van der Waals surface area (Å²) < 4.78 is 14.2. The van der Waals surface area contributed by atoms with Crippen molar-refractivity contribution in [1.29, 1.82) is 0 Å². The number of para-hydroxylation sites is 1. The summed E-state index contributed by atoms with van der Waals surface area (Å²) in [5, 5.41) is 3.01. The number of likely N-dealkylation sites (tertiary alicyclic amines) is 1. The largest absolute Gasteiger partial charge is 0.366 e. The van der Waals surface area contributed by atoms with Gasteiger partial charge in [-0.15, -0.1) is 0 Å². The molecule has 2 fully saturated rings. The van der Waals surface area contributed by atoms with Crippen molar-refractivity contribution in [3.8, 4) is 0 Å². The molecule has 192 valence electrons. The molecule has 2 aromatic carbocycles. The summed E-state index contributed by atoms with van der Waals surface area (Å²) in [5.74, 6) is -0.617. The maximum atomic E-state index is 14.2. The van der Waals surface area contributed by atoms with E-state index >= 15 is 0 Å². The first kappa shape index (κ1) is 25.6. The van der Waals surface area contributed by atoms with Crippen LogP contribution in [0, 0.1) is 5.82 Å². The molecule has 2 saturated heterocycles.